The Bertz CT molecular complexity index is 801. The highest BCUT2D eigenvalue weighted by Gasteiger charge is 2.13. The zero-order valence-electron chi connectivity index (χ0n) is 9.54. The average Bonchev–Trinajstić information content (AvgIpc) is 2.97. The fraction of sp³-hybridized carbons (Fsp3) is 0.0833. The van der Waals surface area contributed by atoms with Gasteiger partial charge in [0, 0.05) is 0 Å². The standard InChI is InChI=1S/C12H8N2O4S/c15-11-10-7(5-8(19-10)12(16)17)13-9(14-11)4-6-2-1-3-18-6/h1-3,5H,4H2,(H,16,17)(H,13,14,15). The molecule has 0 aromatic carbocycles. The van der Waals surface area contributed by atoms with Gasteiger partial charge in [-0.15, -0.1) is 11.3 Å². The number of furan rings is 1. The van der Waals surface area contributed by atoms with Gasteiger partial charge in [0.05, 0.1) is 18.2 Å². The van der Waals surface area contributed by atoms with Gasteiger partial charge in [0.15, 0.2) is 0 Å². The number of nitrogens with one attached hydrogen (secondary N) is 1. The van der Waals surface area contributed by atoms with Gasteiger partial charge in [-0.25, -0.2) is 9.78 Å². The summed E-state index contributed by atoms with van der Waals surface area (Å²) in [5, 5.41) is 8.91. The van der Waals surface area contributed by atoms with Crippen molar-refractivity contribution < 1.29 is 14.3 Å². The lowest BCUT2D eigenvalue weighted by Gasteiger charge is -1.97. The predicted octanol–water partition coefficient (Wildman–Crippen LogP) is 1.87. The predicted molar refractivity (Wildman–Crippen MR) is 68.7 cm³/mol. The van der Waals surface area contributed by atoms with E-state index >= 15 is 0 Å². The first kappa shape index (κ1) is 11.7. The molecule has 2 N–H and O–H groups in total. The summed E-state index contributed by atoms with van der Waals surface area (Å²) in [5.74, 6) is 0.0633. The molecule has 19 heavy (non-hydrogen) atoms. The van der Waals surface area contributed by atoms with Crippen LogP contribution in [-0.2, 0) is 6.42 Å². The van der Waals surface area contributed by atoms with Gasteiger partial charge in [0.25, 0.3) is 5.56 Å². The minimum atomic E-state index is -1.06. The second kappa shape index (κ2) is 4.36. The van der Waals surface area contributed by atoms with E-state index in [1.165, 1.54) is 6.07 Å². The van der Waals surface area contributed by atoms with E-state index in [2.05, 4.69) is 9.97 Å². The van der Waals surface area contributed by atoms with E-state index in [0.29, 0.717) is 28.2 Å². The molecule has 96 valence electrons. The number of aromatic carboxylic acids is 1. The molecule has 0 saturated carbocycles. The zero-order valence-corrected chi connectivity index (χ0v) is 10.4. The molecule has 0 spiro atoms. The topological polar surface area (TPSA) is 96.2 Å². The van der Waals surface area contributed by atoms with Crippen molar-refractivity contribution in [2.75, 3.05) is 0 Å². The summed E-state index contributed by atoms with van der Waals surface area (Å²) in [5.41, 5.74) is 0.0664. The molecule has 0 aliphatic heterocycles. The molecule has 3 heterocycles. The molecule has 0 bridgehead atoms. The fourth-order valence-corrected chi connectivity index (χ4v) is 2.59. The minimum Gasteiger partial charge on any atom is -0.477 e. The molecule has 3 aromatic heterocycles. The summed E-state index contributed by atoms with van der Waals surface area (Å²) in [6.07, 6.45) is 1.90. The Hall–Kier alpha value is -2.41. The van der Waals surface area contributed by atoms with Crippen molar-refractivity contribution >= 4 is 27.5 Å². The lowest BCUT2D eigenvalue weighted by molar-refractivity contribution is 0.0702. The minimum absolute atomic E-state index is 0.100. The van der Waals surface area contributed by atoms with Crippen LogP contribution in [0.4, 0.5) is 0 Å². The van der Waals surface area contributed by atoms with E-state index in [1.807, 2.05) is 0 Å². The maximum Gasteiger partial charge on any atom is 0.345 e. The third-order valence-corrected chi connectivity index (χ3v) is 3.68. The van der Waals surface area contributed by atoms with E-state index in [-0.39, 0.29) is 10.4 Å². The number of thiophene rings is 1. The number of carboxylic acids is 1. The molecule has 0 saturated heterocycles. The molecule has 0 aliphatic rings. The molecule has 0 aliphatic carbocycles. The molecular formula is C12H8N2O4S. The summed E-state index contributed by atoms with van der Waals surface area (Å²) < 4.78 is 5.50. The number of rotatable bonds is 3. The van der Waals surface area contributed by atoms with Gasteiger partial charge in [0.1, 0.15) is 21.2 Å². The number of hydrogen-bond acceptors (Lipinski definition) is 5. The first-order valence-electron chi connectivity index (χ1n) is 5.42. The van der Waals surface area contributed by atoms with Gasteiger partial charge < -0.3 is 14.5 Å². The van der Waals surface area contributed by atoms with Gasteiger partial charge in [0.2, 0.25) is 0 Å². The van der Waals surface area contributed by atoms with Crippen LogP contribution >= 0.6 is 11.3 Å². The quantitative estimate of drug-likeness (QED) is 0.761. The summed E-state index contributed by atoms with van der Waals surface area (Å²) in [7, 11) is 0. The number of carboxylic acid groups (broad SMARTS) is 1. The molecule has 3 aromatic rings. The Morgan fingerprint density at radius 2 is 2.37 bits per heavy atom. The zero-order chi connectivity index (χ0) is 13.4. The van der Waals surface area contributed by atoms with Crippen LogP contribution in [0.2, 0.25) is 0 Å². The number of carbonyl (C=O) groups is 1. The lowest BCUT2D eigenvalue weighted by Crippen LogP contribution is -2.10. The maximum atomic E-state index is 11.9. The third kappa shape index (κ3) is 2.15. The largest absolute Gasteiger partial charge is 0.477 e. The van der Waals surface area contributed by atoms with Gasteiger partial charge in [-0.3, -0.25) is 4.79 Å². The Morgan fingerprint density at radius 1 is 1.53 bits per heavy atom. The molecule has 6 nitrogen and oxygen atoms in total. The maximum absolute atomic E-state index is 11.9. The second-order valence-corrected chi connectivity index (χ2v) is 4.95. The van der Waals surface area contributed by atoms with Crippen molar-refractivity contribution in [2.45, 2.75) is 6.42 Å². The SMILES string of the molecule is O=C(O)c1cc2nc(Cc3ccco3)[nH]c(=O)c2s1. The molecule has 7 heteroatoms. The fourth-order valence-electron chi connectivity index (χ4n) is 1.76. The van der Waals surface area contributed by atoms with Gasteiger partial charge >= 0.3 is 5.97 Å². The van der Waals surface area contributed by atoms with Crippen molar-refractivity contribution in [1.29, 1.82) is 0 Å². The molecule has 0 atom stereocenters. The van der Waals surface area contributed by atoms with Crippen molar-refractivity contribution in [2.24, 2.45) is 0 Å². The van der Waals surface area contributed by atoms with Gasteiger partial charge in [-0.2, -0.15) is 0 Å². The summed E-state index contributed by atoms with van der Waals surface area (Å²) >= 11 is 0.919. The van der Waals surface area contributed by atoms with Crippen LogP contribution in [0, 0.1) is 0 Å². The molecular weight excluding hydrogens is 268 g/mol. The van der Waals surface area contributed by atoms with E-state index in [4.69, 9.17) is 9.52 Å². The van der Waals surface area contributed by atoms with Crippen molar-refractivity contribution in [3.8, 4) is 0 Å². The molecule has 0 radical (unpaired) electrons. The monoisotopic (exact) mass is 276 g/mol. The van der Waals surface area contributed by atoms with E-state index in [1.54, 1.807) is 18.4 Å². The number of hydrogen-bond donors (Lipinski definition) is 2. The van der Waals surface area contributed by atoms with Gasteiger partial charge in [-0.05, 0) is 18.2 Å². The first-order valence-corrected chi connectivity index (χ1v) is 6.23. The summed E-state index contributed by atoms with van der Waals surface area (Å²) in [4.78, 5) is 29.7. The van der Waals surface area contributed by atoms with Crippen LogP contribution in [0.3, 0.4) is 0 Å². The lowest BCUT2D eigenvalue weighted by atomic mass is 10.3. The number of aromatic amines is 1. The highest BCUT2D eigenvalue weighted by Crippen LogP contribution is 2.21. The number of aromatic nitrogens is 2. The smallest absolute Gasteiger partial charge is 0.345 e. The highest BCUT2D eigenvalue weighted by molar-refractivity contribution is 7.20. The normalized spacial score (nSPS) is 10.9. The van der Waals surface area contributed by atoms with E-state index in [9.17, 15) is 9.59 Å². The van der Waals surface area contributed by atoms with Crippen molar-refractivity contribution in [3.05, 3.63) is 51.3 Å². The molecule has 0 unspecified atom stereocenters. The Morgan fingerprint density at radius 3 is 3.05 bits per heavy atom. The summed E-state index contributed by atoms with van der Waals surface area (Å²) in [6, 6.07) is 4.93. The Labute approximate surface area is 110 Å². The molecule has 3 rings (SSSR count). The second-order valence-electron chi connectivity index (χ2n) is 3.90. The van der Waals surface area contributed by atoms with Crippen LogP contribution in [0.25, 0.3) is 10.2 Å². The average molecular weight is 276 g/mol. The van der Waals surface area contributed by atoms with Crippen LogP contribution in [-0.4, -0.2) is 21.0 Å². The molecule has 0 fully saturated rings. The number of fused-ring (bicyclic) bond motifs is 1. The van der Waals surface area contributed by atoms with Crippen molar-refractivity contribution in [1.82, 2.24) is 9.97 Å². The Balaban J connectivity index is 2.08. The van der Waals surface area contributed by atoms with E-state index in [0.717, 1.165) is 11.3 Å². The van der Waals surface area contributed by atoms with Crippen LogP contribution in [0.5, 0.6) is 0 Å². The van der Waals surface area contributed by atoms with Crippen LogP contribution in [0.15, 0.2) is 33.7 Å². The van der Waals surface area contributed by atoms with Crippen LogP contribution in [0.1, 0.15) is 21.3 Å². The molecule has 0 amide bonds. The third-order valence-electron chi connectivity index (χ3n) is 2.56. The van der Waals surface area contributed by atoms with Crippen molar-refractivity contribution in [3.63, 3.8) is 0 Å². The highest BCUT2D eigenvalue weighted by atomic mass is 32.1. The number of nitrogens with zero attached hydrogens (tertiary/aromatic N) is 1. The number of H-pyrrole nitrogens is 1. The van der Waals surface area contributed by atoms with Crippen LogP contribution < -0.4 is 5.56 Å². The summed E-state index contributed by atoms with van der Waals surface area (Å²) in [6.45, 7) is 0. The van der Waals surface area contributed by atoms with E-state index < -0.39 is 5.97 Å². The first-order chi connectivity index (χ1) is 9.13. The Kier molecular flexibility index (Phi) is 2.68. The van der Waals surface area contributed by atoms with Gasteiger partial charge in [-0.1, -0.05) is 0 Å².